The second-order valence-corrected chi connectivity index (χ2v) is 5.63. The molecule has 0 unspecified atom stereocenters. The third-order valence-electron chi connectivity index (χ3n) is 3.57. The van der Waals surface area contributed by atoms with Crippen molar-refractivity contribution in [2.24, 2.45) is 0 Å². The van der Waals surface area contributed by atoms with Gasteiger partial charge >= 0.3 is 0 Å². The zero-order valence-corrected chi connectivity index (χ0v) is 12.4. The molecule has 4 rings (SSSR count). The van der Waals surface area contributed by atoms with Crippen LogP contribution in [-0.2, 0) is 0 Å². The van der Waals surface area contributed by atoms with Crippen LogP contribution in [0.3, 0.4) is 0 Å². The number of hydrogen-bond donors (Lipinski definition) is 0. The fourth-order valence-electron chi connectivity index (χ4n) is 2.39. The number of ether oxygens (including phenoxy) is 1. The van der Waals surface area contributed by atoms with Gasteiger partial charge in [0.05, 0.1) is 31.0 Å². The van der Waals surface area contributed by atoms with E-state index in [1.165, 1.54) is 0 Å². The Hall–Kier alpha value is -2.54. The molecule has 22 heavy (non-hydrogen) atoms. The normalized spacial score (nSPS) is 14.8. The van der Waals surface area contributed by atoms with Crippen LogP contribution in [0.25, 0.3) is 11.0 Å². The number of fused-ring (bicyclic) bond motifs is 1. The van der Waals surface area contributed by atoms with Crippen molar-refractivity contribution in [3.8, 4) is 5.75 Å². The van der Waals surface area contributed by atoms with Gasteiger partial charge in [0.15, 0.2) is 0 Å². The van der Waals surface area contributed by atoms with Crippen molar-refractivity contribution in [1.82, 2.24) is 18.6 Å². The summed E-state index contributed by atoms with van der Waals surface area (Å²) < 4.78 is 14.0. The van der Waals surface area contributed by atoms with Gasteiger partial charge in [-0.1, -0.05) is 0 Å². The van der Waals surface area contributed by atoms with Gasteiger partial charge in [-0.05, 0) is 30.3 Å². The highest BCUT2D eigenvalue weighted by molar-refractivity contribution is 7.00. The van der Waals surface area contributed by atoms with E-state index >= 15 is 0 Å². The summed E-state index contributed by atoms with van der Waals surface area (Å²) in [4.78, 5) is 18.2. The number of rotatable bonds is 3. The summed E-state index contributed by atoms with van der Waals surface area (Å²) in [7, 11) is 0. The molecule has 0 saturated carbocycles. The predicted molar refractivity (Wildman–Crippen MR) is 82.0 cm³/mol. The lowest BCUT2D eigenvalue weighted by Crippen LogP contribution is -2.56. The molecule has 110 valence electrons. The van der Waals surface area contributed by atoms with Crippen molar-refractivity contribution in [2.75, 3.05) is 13.1 Å². The molecule has 1 saturated heterocycles. The number of carbonyl (C=O) groups excluding carboxylic acids is 1. The smallest absolute Gasteiger partial charge is 0.254 e. The number of amides is 1. The molecule has 2 aromatic heterocycles. The van der Waals surface area contributed by atoms with Gasteiger partial charge in [0, 0.05) is 11.8 Å². The first-order chi connectivity index (χ1) is 10.8. The van der Waals surface area contributed by atoms with E-state index in [0.29, 0.717) is 18.7 Å². The van der Waals surface area contributed by atoms with Crippen molar-refractivity contribution in [3.05, 3.63) is 48.3 Å². The van der Waals surface area contributed by atoms with Crippen molar-refractivity contribution < 1.29 is 9.53 Å². The second kappa shape index (κ2) is 5.34. The third kappa shape index (κ3) is 2.39. The zero-order valence-electron chi connectivity index (χ0n) is 11.5. The Labute approximate surface area is 130 Å². The van der Waals surface area contributed by atoms with E-state index in [1.54, 1.807) is 29.4 Å². The van der Waals surface area contributed by atoms with Crippen LogP contribution in [-0.4, -0.2) is 43.7 Å². The molecule has 0 N–H and O–H groups in total. The van der Waals surface area contributed by atoms with Gasteiger partial charge in [-0.2, -0.15) is 8.75 Å². The molecule has 0 radical (unpaired) electrons. The Bertz CT molecular complexity index is 815. The third-order valence-corrected chi connectivity index (χ3v) is 4.13. The van der Waals surface area contributed by atoms with Crippen molar-refractivity contribution in [2.45, 2.75) is 6.10 Å². The van der Waals surface area contributed by atoms with Gasteiger partial charge in [0.2, 0.25) is 0 Å². The molecular weight excluding hydrogens is 300 g/mol. The molecule has 3 heterocycles. The Morgan fingerprint density at radius 2 is 2.09 bits per heavy atom. The first-order valence-electron chi connectivity index (χ1n) is 6.88. The maximum Gasteiger partial charge on any atom is 0.254 e. The molecule has 1 aliphatic heterocycles. The van der Waals surface area contributed by atoms with Gasteiger partial charge in [-0.15, -0.1) is 0 Å². The molecular formula is C15H12N4O2S. The van der Waals surface area contributed by atoms with Crippen LogP contribution >= 0.6 is 11.7 Å². The maximum atomic E-state index is 12.4. The molecule has 3 aromatic rings. The van der Waals surface area contributed by atoms with E-state index in [4.69, 9.17) is 4.74 Å². The summed E-state index contributed by atoms with van der Waals surface area (Å²) in [6.07, 6.45) is 3.40. The number of likely N-dealkylation sites (tertiary alicyclic amines) is 1. The first-order valence-corrected chi connectivity index (χ1v) is 7.61. The van der Waals surface area contributed by atoms with Crippen LogP contribution < -0.4 is 4.74 Å². The van der Waals surface area contributed by atoms with Crippen molar-refractivity contribution >= 4 is 28.7 Å². The van der Waals surface area contributed by atoms with Gasteiger partial charge in [0.25, 0.3) is 5.91 Å². The minimum atomic E-state index is 0.000867. The van der Waals surface area contributed by atoms with E-state index in [1.807, 2.05) is 18.2 Å². The number of hydrogen-bond acceptors (Lipinski definition) is 6. The fourth-order valence-corrected chi connectivity index (χ4v) is 2.90. The standard InChI is InChI=1S/C15H12N4O2S/c20-15(10-3-4-13-14(6-10)18-22-17-13)19-8-12(9-19)21-11-2-1-5-16-7-11/h1-7,12H,8-9H2. The minimum absolute atomic E-state index is 0.000867. The quantitative estimate of drug-likeness (QED) is 0.740. The molecule has 6 nitrogen and oxygen atoms in total. The van der Waals surface area contributed by atoms with E-state index in [0.717, 1.165) is 28.5 Å². The molecule has 7 heteroatoms. The number of benzene rings is 1. The molecule has 1 amide bonds. The van der Waals surface area contributed by atoms with Crippen LogP contribution in [0.15, 0.2) is 42.7 Å². The fraction of sp³-hybridized carbons (Fsp3) is 0.200. The molecule has 1 aliphatic rings. The summed E-state index contributed by atoms with van der Waals surface area (Å²) in [5, 5.41) is 0. The molecule has 1 aromatic carbocycles. The highest BCUT2D eigenvalue weighted by atomic mass is 32.1. The van der Waals surface area contributed by atoms with Gasteiger partial charge < -0.3 is 9.64 Å². The van der Waals surface area contributed by atoms with E-state index in [2.05, 4.69) is 13.7 Å². The number of pyridine rings is 1. The van der Waals surface area contributed by atoms with Gasteiger partial charge in [0.1, 0.15) is 22.9 Å². The van der Waals surface area contributed by atoms with Crippen LogP contribution in [0.2, 0.25) is 0 Å². The molecule has 0 atom stereocenters. The average molecular weight is 312 g/mol. The van der Waals surface area contributed by atoms with Crippen LogP contribution in [0, 0.1) is 0 Å². The second-order valence-electron chi connectivity index (χ2n) is 5.11. The van der Waals surface area contributed by atoms with Crippen LogP contribution in [0.1, 0.15) is 10.4 Å². The number of carbonyl (C=O) groups is 1. The first kappa shape index (κ1) is 13.1. The van der Waals surface area contributed by atoms with E-state index < -0.39 is 0 Å². The monoisotopic (exact) mass is 312 g/mol. The largest absolute Gasteiger partial charge is 0.485 e. The zero-order chi connectivity index (χ0) is 14.9. The molecule has 0 spiro atoms. The van der Waals surface area contributed by atoms with Crippen LogP contribution in [0.5, 0.6) is 5.75 Å². The summed E-state index contributed by atoms with van der Waals surface area (Å²) in [6, 6.07) is 9.10. The Balaban J connectivity index is 1.40. The van der Waals surface area contributed by atoms with Crippen molar-refractivity contribution in [1.29, 1.82) is 0 Å². The number of nitrogens with zero attached hydrogens (tertiary/aromatic N) is 4. The highest BCUT2D eigenvalue weighted by Gasteiger charge is 2.33. The summed E-state index contributed by atoms with van der Waals surface area (Å²) in [5.41, 5.74) is 2.22. The highest BCUT2D eigenvalue weighted by Crippen LogP contribution is 2.21. The summed E-state index contributed by atoms with van der Waals surface area (Å²) in [6.45, 7) is 1.17. The van der Waals surface area contributed by atoms with Gasteiger partial charge in [-0.3, -0.25) is 9.78 Å². The maximum absolute atomic E-state index is 12.4. The Morgan fingerprint density at radius 3 is 2.91 bits per heavy atom. The minimum Gasteiger partial charge on any atom is -0.485 e. The van der Waals surface area contributed by atoms with Gasteiger partial charge in [-0.25, -0.2) is 0 Å². The molecule has 1 fully saturated rings. The molecule has 0 aliphatic carbocycles. The SMILES string of the molecule is O=C(c1ccc2nsnc2c1)N1CC(Oc2cccnc2)C1. The number of aromatic nitrogens is 3. The lowest BCUT2D eigenvalue weighted by molar-refractivity contribution is 0.0177. The van der Waals surface area contributed by atoms with Crippen LogP contribution in [0.4, 0.5) is 0 Å². The predicted octanol–water partition coefficient (Wildman–Crippen LogP) is 1.99. The van der Waals surface area contributed by atoms with E-state index in [-0.39, 0.29) is 12.0 Å². The average Bonchev–Trinajstić information content (AvgIpc) is 2.98. The topological polar surface area (TPSA) is 68.2 Å². The van der Waals surface area contributed by atoms with Crippen molar-refractivity contribution in [3.63, 3.8) is 0 Å². The lowest BCUT2D eigenvalue weighted by atomic mass is 10.1. The Morgan fingerprint density at radius 1 is 1.23 bits per heavy atom. The Kier molecular flexibility index (Phi) is 3.19. The van der Waals surface area contributed by atoms with E-state index in [9.17, 15) is 4.79 Å². The summed E-state index contributed by atoms with van der Waals surface area (Å²) >= 11 is 1.15. The molecule has 0 bridgehead atoms. The lowest BCUT2D eigenvalue weighted by Gasteiger charge is -2.38. The summed E-state index contributed by atoms with van der Waals surface area (Å²) in [5.74, 6) is 0.732.